The fourth-order valence-electron chi connectivity index (χ4n) is 1.51. The van der Waals surface area contributed by atoms with Crippen LogP contribution in [0.5, 0.6) is 0 Å². The third-order valence-corrected chi connectivity index (χ3v) is 2.21. The van der Waals surface area contributed by atoms with Gasteiger partial charge in [-0.1, -0.05) is 26.3 Å². The Hall–Kier alpha value is -0.890. The molecule has 1 unspecified atom stereocenters. The summed E-state index contributed by atoms with van der Waals surface area (Å²) in [5.74, 6) is 0. The fourth-order valence-corrected chi connectivity index (χ4v) is 1.51. The van der Waals surface area contributed by atoms with Gasteiger partial charge in [-0.25, -0.2) is 0 Å². The lowest BCUT2D eigenvalue weighted by molar-refractivity contribution is 0.504. The van der Waals surface area contributed by atoms with Crippen molar-refractivity contribution in [2.45, 2.75) is 45.6 Å². The SMILES string of the molecule is C=N/C=C\C(=C\CC)C(C)(N)CCC. The summed E-state index contributed by atoms with van der Waals surface area (Å²) in [6, 6.07) is 0. The van der Waals surface area contributed by atoms with Gasteiger partial charge in [-0.2, -0.15) is 0 Å². The van der Waals surface area contributed by atoms with Crippen LogP contribution in [0.2, 0.25) is 0 Å². The summed E-state index contributed by atoms with van der Waals surface area (Å²) in [4.78, 5) is 3.70. The summed E-state index contributed by atoms with van der Waals surface area (Å²) in [6.07, 6.45) is 8.86. The van der Waals surface area contributed by atoms with E-state index in [1.165, 1.54) is 0 Å². The minimum absolute atomic E-state index is 0.244. The van der Waals surface area contributed by atoms with Crippen LogP contribution in [0.15, 0.2) is 28.9 Å². The molecule has 0 aromatic heterocycles. The van der Waals surface area contributed by atoms with Crippen molar-refractivity contribution in [3.63, 3.8) is 0 Å². The van der Waals surface area contributed by atoms with Crippen LogP contribution in [-0.2, 0) is 0 Å². The maximum Gasteiger partial charge on any atom is 0.0378 e. The van der Waals surface area contributed by atoms with Gasteiger partial charge in [0.2, 0.25) is 0 Å². The third-order valence-electron chi connectivity index (χ3n) is 2.21. The van der Waals surface area contributed by atoms with Crippen LogP contribution in [0.1, 0.15) is 40.0 Å². The number of aliphatic imine (C=N–C) groups is 1. The largest absolute Gasteiger partial charge is 0.322 e. The van der Waals surface area contributed by atoms with E-state index in [2.05, 4.69) is 38.6 Å². The number of nitrogens with zero attached hydrogens (tertiary/aromatic N) is 1. The highest BCUT2D eigenvalue weighted by Gasteiger charge is 2.20. The van der Waals surface area contributed by atoms with Crippen molar-refractivity contribution >= 4 is 6.72 Å². The number of allylic oxidation sites excluding steroid dienone is 1. The Balaban J connectivity index is 4.71. The van der Waals surface area contributed by atoms with Gasteiger partial charge in [0.1, 0.15) is 0 Å². The van der Waals surface area contributed by atoms with Gasteiger partial charge in [0, 0.05) is 11.7 Å². The molecular formula is C12H22N2. The maximum atomic E-state index is 6.22. The zero-order valence-corrected chi connectivity index (χ0v) is 9.59. The summed E-state index contributed by atoms with van der Waals surface area (Å²) >= 11 is 0. The van der Waals surface area contributed by atoms with E-state index in [1.54, 1.807) is 6.20 Å². The molecule has 0 aliphatic heterocycles. The van der Waals surface area contributed by atoms with Crippen molar-refractivity contribution < 1.29 is 0 Å². The van der Waals surface area contributed by atoms with Crippen LogP contribution >= 0.6 is 0 Å². The van der Waals surface area contributed by atoms with Crippen LogP contribution in [0, 0.1) is 0 Å². The molecule has 0 saturated heterocycles. The van der Waals surface area contributed by atoms with E-state index in [0.717, 1.165) is 24.8 Å². The molecular weight excluding hydrogens is 172 g/mol. The third kappa shape index (κ3) is 4.38. The number of rotatable bonds is 6. The molecule has 0 rings (SSSR count). The predicted molar refractivity (Wildman–Crippen MR) is 64.6 cm³/mol. The van der Waals surface area contributed by atoms with Gasteiger partial charge in [0.05, 0.1) is 0 Å². The average molecular weight is 194 g/mol. The van der Waals surface area contributed by atoms with Gasteiger partial charge >= 0.3 is 0 Å². The van der Waals surface area contributed by atoms with Crippen molar-refractivity contribution in [3.8, 4) is 0 Å². The molecule has 2 N–H and O–H groups in total. The van der Waals surface area contributed by atoms with E-state index in [-0.39, 0.29) is 5.54 Å². The lowest BCUT2D eigenvalue weighted by Crippen LogP contribution is -2.37. The van der Waals surface area contributed by atoms with E-state index < -0.39 is 0 Å². The van der Waals surface area contributed by atoms with Gasteiger partial charge in [-0.05, 0) is 38.1 Å². The molecule has 0 aromatic carbocycles. The summed E-state index contributed by atoms with van der Waals surface area (Å²) in [5.41, 5.74) is 7.12. The Labute approximate surface area is 87.6 Å². The molecule has 0 spiro atoms. The first-order chi connectivity index (χ1) is 6.58. The van der Waals surface area contributed by atoms with Gasteiger partial charge in [0.25, 0.3) is 0 Å². The first kappa shape index (κ1) is 13.1. The quantitative estimate of drug-likeness (QED) is 0.512. The normalized spacial score (nSPS) is 17.0. The molecule has 14 heavy (non-hydrogen) atoms. The van der Waals surface area contributed by atoms with E-state index in [4.69, 9.17) is 5.73 Å². The molecule has 0 radical (unpaired) electrons. The second kappa shape index (κ2) is 6.55. The second-order valence-corrected chi connectivity index (χ2v) is 3.73. The lowest BCUT2D eigenvalue weighted by Gasteiger charge is -2.25. The highest BCUT2D eigenvalue weighted by molar-refractivity contribution is 5.32. The van der Waals surface area contributed by atoms with Gasteiger partial charge < -0.3 is 5.73 Å². The number of hydrogen-bond acceptors (Lipinski definition) is 2. The Kier molecular flexibility index (Phi) is 6.13. The van der Waals surface area contributed by atoms with Crippen molar-refractivity contribution in [2.24, 2.45) is 10.7 Å². The number of hydrogen-bond donors (Lipinski definition) is 1. The molecule has 0 aliphatic rings. The van der Waals surface area contributed by atoms with E-state index in [1.807, 2.05) is 6.08 Å². The molecule has 0 amide bonds. The molecule has 0 fully saturated rings. The first-order valence-corrected chi connectivity index (χ1v) is 5.20. The van der Waals surface area contributed by atoms with Crippen LogP contribution < -0.4 is 5.73 Å². The van der Waals surface area contributed by atoms with Crippen LogP contribution in [0.25, 0.3) is 0 Å². The van der Waals surface area contributed by atoms with Crippen molar-refractivity contribution in [1.82, 2.24) is 0 Å². The maximum absolute atomic E-state index is 6.22. The van der Waals surface area contributed by atoms with Gasteiger partial charge in [0.15, 0.2) is 0 Å². The standard InChI is InChI=1S/C12H22N2/c1-5-7-11(8-10-14-4)12(3,13)9-6-2/h7-8,10H,4-6,9,13H2,1-3H3/b10-8-,11-7-. The topological polar surface area (TPSA) is 38.4 Å². The lowest BCUT2D eigenvalue weighted by atomic mass is 9.87. The summed E-state index contributed by atoms with van der Waals surface area (Å²) in [7, 11) is 0. The van der Waals surface area contributed by atoms with Gasteiger partial charge in [-0.3, -0.25) is 4.99 Å². The first-order valence-electron chi connectivity index (χ1n) is 5.20. The zero-order valence-electron chi connectivity index (χ0n) is 9.59. The zero-order chi connectivity index (χ0) is 11.0. The summed E-state index contributed by atoms with van der Waals surface area (Å²) in [5, 5.41) is 0. The summed E-state index contributed by atoms with van der Waals surface area (Å²) < 4.78 is 0. The molecule has 0 aliphatic carbocycles. The van der Waals surface area contributed by atoms with Crippen LogP contribution in [-0.4, -0.2) is 12.3 Å². The Bertz CT molecular complexity index is 224. The predicted octanol–water partition coefficient (Wildman–Crippen LogP) is 3.05. The highest BCUT2D eigenvalue weighted by Crippen LogP contribution is 2.21. The van der Waals surface area contributed by atoms with E-state index in [0.29, 0.717) is 0 Å². The molecule has 80 valence electrons. The van der Waals surface area contributed by atoms with Crippen LogP contribution in [0.3, 0.4) is 0 Å². The molecule has 0 bridgehead atoms. The van der Waals surface area contributed by atoms with E-state index in [9.17, 15) is 0 Å². The van der Waals surface area contributed by atoms with E-state index >= 15 is 0 Å². The minimum atomic E-state index is -0.244. The monoisotopic (exact) mass is 194 g/mol. The second-order valence-electron chi connectivity index (χ2n) is 3.73. The number of nitrogens with two attached hydrogens (primary N) is 1. The minimum Gasteiger partial charge on any atom is -0.322 e. The molecule has 0 heterocycles. The van der Waals surface area contributed by atoms with Crippen LogP contribution in [0.4, 0.5) is 0 Å². The van der Waals surface area contributed by atoms with Crippen molar-refractivity contribution in [2.75, 3.05) is 0 Å². The molecule has 1 atom stereocenters. The molecule has 0 aromatic rings. The highest BCUT2D eigenvalue weighted by atomic mass is 14.7. The fraction of sp³-hybridized carbons (Fsp3) is 0.583. The van der Waals surface area contributed by atoms with Crippen molar-refractivity contribution in [1.29, 1.82) is 0 Å². The Morgan fingerprint density at radius 1 is 1.50 bits per heavy atom. The molecule has 0 saturated carbocycles. The smallest absolute Gasteiger partial charge is 0.0378 e. The molecule has 2 heteroatoms. The Morgan fingerprint density at radius 2 is 2.14 bits per heavy atom. The summed E-state index contributed by atoms with van der Waals surface area (Å²) in [6.45, 7) is 9.73. The Morgan fingerprint density at radius 3 is 2.57 bits per heavy atom. The average Bonchev–Trinajstić information content (AvgIpc) is 2.11. The van der Waals surface area contributed by atoms with Gasteiger partial charge in [-0.15, -0.1) is 0 Å². The van der Waals surface area contributed by atoms with Crippen molar-refractivity contribution in [3.05, 3.63) is 23.9 Å². The molecule has 2 nitrogen and oxygen atoms in total.